The number of aliphatic carboxylic acids is 1. The Hall–Kier alpha value is -3.39. The molecule has 33 heavy (non-hydrogen) atoms. The summed E-state index contributed by atoms with van der Waals surface area (Å²) in [5.74, 6) is -1.85. The van der Waals surface area contributed by atoms with Crippen molar-refractivity contribution in [1.29, 1.82) is 0 Å². The molecule has 0 saturated carbocycles. The summed E-state index contributed by atoms with van der Waals surface area (Å²) in [6, 6.07) is 14.9. The number of rotatable bonds is 8. The van der Waals surface area contributed by atoms with Gasteiger partial charge >= 0.3 is 12.1 Å². The minimum Gasteiger partial charge on any atom is -0.480 e. The lowest BCUT2D eigenvalue weighted by Gasteiger charge is -2.29. The van der Waals surface area contributed by atoms with Gasteiger partial charge in [-0.05, 0) is 27.7 Å². The third-order valence-corrected chi connectivity index (χ3v) is 5.75. The molecule has 3 N–H and O–H groups in total. The van der Waals surface area contributed by atoms with Gasteiger partial charge in [0.05, 0.1) is 6.54 Å². The van der Waals surface area contributed by atoms with Crippen molar-refractivity contribution in [3.8, 4) is 11.1 Å². The molecule has 0 radical (unpaired) electrons. The molecular weight excluding hydrogens is 424 g/mol. The summed E-state index contributed by atoms with van der Waals surface area (Å²) in [4.78, 5) is 36.3. The van der Waals surface area contributed by atoms with E-state index in [1.165, 1.54) is 7.11 Å². The zero-order valence-corrected chi connectivity index (χ0v) is 19.3. The van der Waals surface area contributed by atoms with Gasteiger partial charge in [-0.25, -0.2) is 9.59 Å². The number of alkyl carbamates (subject to hydrolysis) is 1. The normalized spacial score (nSPS) is 14.5. The van der Waals surface area contributed by atoms with E-state index >= 15 is 0 Å². The summed E-state index contributed by atoms with van der Waals surface area (Å²) in [7, 11) is 1.32. The lowest BCUT2D eigenvalue weighted by atomic mass is 9.86. The summed E-state index contributed by atoms with van der Waals surface area (Å²) in [6.07, 6.45) is -1.74. The predicted octanol–water partition coefficient (Wildman–Crippen LogP) is 3.16. The molecule has 2 aromatic rings. The molecule has 0 saturated heterocycles. The van der Waals surface area contributed by atoms with Crippen molar-refractivity contribution in [3.63, 3.8) is 0 Å². The van der Waals surface area contributed by atoms with Crippen molar-refractivity contribution in [1.82, 2.24) is 10.6 Å². The highest BCUT2D eigenvalue weighted by Crippen LogP contribution is 2.44. The fraction of sp³-hybridized carbons (Fsp3) is 0.400. The molecule has 2 unspecified atom stereocenters. The number of nitrogens with one attached hydrogen (secondary N) is 2. The fourth-order valence-electron chi connectivity index (χ4n) is 3.99. The largest absolute Gasteiger partial charge is 0.480 e. The van der Waals surface area contributed by atoms with E-state index in [-0.39, 0.29) is 19.1 Å². The summed E-state index contributed by atoms with van der Waals surface area (Å²) < 4.78 is 10.6. The van der Waals surface area contributed by atoms with Crippen molar-refractivity contribution in [2.24, 2.45) is 5.41 Å². The molecule has 0 heterocycles. The van der Waals surface area contributed by atoms with Crippen LogP contribution < -0.4 is 10.6 Å². The van der Waals surface area contributed by atoms with Crippen LogP contribution in [0.5, 0.6) is 0 Å². The topological polar surface area (TPSA) is 114 Å². The van der Waals surface area contributed by atoms with Gasteiger partial charge in [0.25, 0.3) is 5.91 Å². The predicted molar refractivity (Wildman–Crippen MR) is 123 cm³/mol. The Morgan fingerprint density at radius 1 is 1.00 bits per heavy atom. The van der Waals surface area contributed by atoms with E-state index in [4.69, 9.17) is 9.47 Å². The van der Waals surface area contributed by atoms with E-state index in [0.717, 1.165) is 22.3 Å². The molecule has 8 nitrogen and oxygen atoms in total. The highest BCUT2D eigenvalue weighted by molar-refractivity contribution is 5.87. The molecule has 1 aliphatic carbocycles. The van der Waals surface area contributed by atoms with Crippen LogP contribution in [0.4, 0.5) is 4.79 Å². The maximum Gasteiger partial charge on any atom is 0.407 e. The number of benzene rings is 2. The average Bonchev–Trinajstić information content (AvgIpc) is 3.09. The lowest BCUT2D eigenvalue weighted by Crippen LogP contribution is -2.54. The Bertz CT molecular complexity index is 984. The standard InChI is InChI=1S/C25H30N2O6/c1-25(2,3)21(23(29)30)27-22(28)20(32-4)13-26-24(31)33-14-19-17-11-7-5-9-15(17)16-10-6-8-12-18(16)19/h5-12,19-21H,13-14H2,1-4H3,(H,26,31)(H,27,28)(H,29,30). The third kappa shape index (κ3) is 5.51. The van der Waals surface area contributed by atoms with E-state index < -0.39 is 35.5 Å². The van der Waals surface area contributed by atoms with Crippen LogP contribution in [0.3, 0.4) is 0 Å². The number of carbonyl (C=O) groups is 3. The molecule has 2 atom stereocenters. The Balaban J connectivity index is 1.57. The van der Waals surface area contributed by atoms with Gasteiger partial charge < -0.3 is 25.2 Å². The van der Waals surface area contributed by atoms with Gasteiger partial charge in [-0.2, -0.15) is 0 Å². The van der Waals surface area contributed by atoms with Crippen LogP contribution in [-0.2, 0) is 19.1 Å². The first-order valence-corrected chi connectivity index (χ1v) is 10.8. The number of carboxylic acids is 1. The Labute approximate surface area is 193 Å². The summed E-state index contributed by atoms with van der Waals surface area (Å²) >= 11 is 0. The van der Waals surface area contributed by atoms with Crippen LogP contribution in [0.15, 0.2) is 48.5 Å². The second kappa shape index (κ2) is 10.0. The van der Waals surface area contributed by atoms with Gasteiger partial charge in [-0.1, -0.05) is 69.3 Å². The smallest absolute Gasteiger partial charge is 0.407 e. The van der Waals surface area contributed by atoms with Gasteiger partial charge in [0.15, 0.2) is 6.10 Å². The van der Waals surface area contributed by atoms with Crippen LogP contribution in [0.25, 0.3) is 11.1 Å². The Morgan fingerprint density at radius 3 is 2.03 bits per heavy atom. The number of fused-ring (bicyclic) bond motifs is 3. The molecule has 0 bridgehead atoms. The number of hydrogen-bond donors (Lipinski definition) is 3. The molecule has 0 aliphatic heterocycles. The molecule has 8 heteroatoms. The minimum absolute atomic E-state index is 0.0761. The maximum atomic E-state index is 12.5. The first-order chi connectivity index (χ1) is 15.6. The molecule has 3 rings (SSSR count). The number of carbonyl (C=O) groups excluding carboxylic acids is 2. The van der Waals surface area contributed by atoms with Crippen LogP contribution in [0, 0.1) is 5.41 Å². The van der Waals surface area contributed by atoms with Gasteiger partial charge in [0.2, 0.25) is 0 Å². The zero-order valence-electron chi connectivity index (χ0n) is 19.3. The van der Waals surface area contributed by atoms with E-state index in [9.17, 15) is 19.5 Å². The average molecular weight is 455 g/mol. The van der Waals surface area contributed by atoms with E-state index in [0.29, 0.717) is 0 Å². The first kappa shape index (κ1) is 24.3. The highest BCUT2D eigenvalue weighted by Gasteiger charge is 2.35. The second-order valence-electron chi connectivity index (χ2n) is 9.08. The van der Waals surface area contributed by atoms with Crippen molar-refractivity contribution in [2.45, 2.75) is 38.8 Å². The summed E-state index contributed by atoms with van der Waals surface area (Å²) in [5, 5.41) is 14.4. The minimum atomic E-state index is -1.14. The van der Waals surface area contributed by atoms with Crippen molar-refractivity contribution < 1.29 is 29.0 Å². The Morgan fingerprint density at radius 2 is 1.55 bits per heavy atom. The third-order valence-electron chi connectivity index (χ3n) is 5.75. The van der Waals surface area contributed by atoms with Gasteiger partial charge in [-0.15, -0.1) is 0 Å². The monoisotopic (exact) mass is 454 g/mol. The van der Waals surface area contributed by atoms with E-state index in [2.05, 4.69) is 22.8 Å². The van der Waals surface area contributed by atoms with E-state index in [1.807, 2.05) is 36.4 Å². The number of carboxylic acid groups (broad SMARTS) is 1. The zero-order chi connectivity index (χ0) is 24.2. The van der Waals surface area contributed by atoms with Gasteiger partial charge in [0, 0.05) is 13.0 Å². The molecule has 0 aromatic heterocycles. The molecule has 2 amide bonds. The first-order valence-electron chi connectivity index (χ1n) is 10.8. The summed E-state index contributed by atoms with van der Waals surface area (Å²) in [6.45, 7) is 5.12. The molecule has 0 spiro atoms. The highest BCUT2D eigenvalue weighted by atomic mass is 16.5. The van der Waals surface area contributed by atoms with Gasteiger partial charge in [-0.3, -0.25) is 4.79 Å². The van der Waals surface area contributed by atoms with Crippen LogP contribution in [0.2, 0.25) is 0 Å². The number of amides is 2. The van der Waals surface area contributed by atoms with Crippen LogP contribution >= 0.6 is 0 Å². The van der Waals surface area contributed by atoms with E-state index in [1.54, 1.807) is 20.8 Å². The number of ether oxygens (including phenoxy) is 2. The van der Waals surface area contributed by atoms with Gasteiger partial charge in [0.1, 0.15) is 12.6 Å². The maximum absolute atomic E-state index is 12.5. The van der Waals surface area contributed by atoms with Crippen molar-refractivity contribution in [2.75, 3.05) is 20.3 Å². The van der Waals surface area contributed by atoms with Crippen LogP contribution in [-0.4, -0.2) is 55.5 Å². The Kier molecular flexibility index (Phi) is 7.38. The summed E-state index contributed by atoms with van der Waals surface area (Å²) in [5.41, 5.74) is 3.76. The molecular formula is C25H30N2O6. The van der Waals surface area contributed by atoms with Crippen LogP contribution in [0.1, 0.15) is 37.8 Å². The fourth-order valence-corrected chi connectivity index (χ4v) is 3.99. The second-order valence-corrected chi connectivity index (χ2v) is 9.08. The molecule has 1 aliphatic rings. The van der Waals surface area contributed by atoms with Crippen molar-refractivity contribution in [3.05, 3.63) is 59.7 Å². The van der Waals surface area contributed by atoms with Crippen molar-refractivity contribution >= 4 is 18.0 Å². The number of methoxy groups -OCH3 is 1. The molecule has 0 fully saturated rings. The molecule has 2 aromatic carbocycles. The number of hydrogen-bond acceptors (Lipinski definition) is 5. The quantitative estimate of drug-likeness (QED) is 0.565. The lowest BCUT2D eigenvalue weighted by molar-refractivity contribution is -0.146. The molecule has 176 valence electrons. The SMILES string of the molecule is COC(CNC(=O)OCC1c2ccccc2-c2ccccc21)C(=O)NC(C(=O)O)C(C)(C)C.